The van der Waals surface area contributed by atoms with Crippen molar-refractivity contribution in [3.63, 3.8) is 0 Å². The molecule has 0 radical (unpaired) electrons. The number of aryl methyl sites for hydroxylation is 1. The molecule has 0 N–H and O–H groups in total. The minimum atomic E-state index is -0.247. The second-order valence-electron chi connectivity index (χ2n) is 5.38. The van der Waals surface area contributed by atoms with Crippen LogP contribution in [-0.4, -0.2) is 24.4 Å². The molecule has 0 fully saturated rings. The fourth-order valence-corrected chi connectivity index (χ4v) is 2.57. The van der Waals surface area contributed by atoms with Gasteiger partial charge < -0.3 is 0 Å². The first-order valence-corrected chi connectivity index (χ1v) is 7.30. The van der Waals surface area contributed by atoms with Crippen LogP contribution >= 0.6 is 0 Å². The molecule has 0 saturated carbocycles. The molecule has 0 bridgehead atoms. The van der Waals surface area contributed by atoms with Crippen molar-refractivity contribution in [3.8, 4) is 5.82 Å². The Morgan fingerprint density at radius 3 is 2.65 bits per heavy atom. The minimum Gasteiger partial charge on any atom is -0.235 e. The highest BCUT2D eigenvalue weighted by atomic mass is 19.1. The zero-order valence-electron chi connectivity index (χ0n) is 12.5. The number of hydrogen-bond donors (Lipinski definition) is 0. The topological polar surface area (TPSA) is 48.0 Å². The van der Waals surface area contributed by atoms with Crippen LogP contribution in [0.25, 0.3) is 11.3 Å². The molecule has 0 unspecified atom stereocenters. The maximum atomic E-state index is 13.0. The molecule has 6 heteroatoms. The van der Waals surface area contributed by atoms with E-state index in [1.54, 1.807) is 27.5 Å². The van der Waals surface area contributed by atoms with E-state index in [9.17, 15) is 4.39 Å². The monoisotopic (exact) mass is 307 g/mol. The summed E-state index contributed by atoms with van der Waals surface area (Å²) >= 11 is 0. The molecular formula is C17H14FN5. The molecule has 0 aliphatic heterocycles. The Morgan fingerprint density at radius 2 is 1.91 bits per heavy atom. The lowest BCUT2D eigenvalue weighted by Crippen LogP contribution is -2.10. The Labute approximate surface area is 132 Å². The van der Waals surface area contributed by atoms with Gasteiger partial charge >= 0.3 is 0 Å². The van der Waals surface area contributed by atoms with E-state index in [4.69, 9.17) is 0 Å². The SMILES string of the molecule is Cc1ccnn1-c1nc(Cc2ccc(F)cc2)nn2cccc12. The summed E-state index contributed by atoms with van der Waals surface area (Å²) in [6.45, 7) is 1.98. The molecule has 23 heavy (non-hydrogen) atoms. The van der Waals surface area contributed by atoms with Crippen molar-refractivity contribution in [1.29, 1.82) is 0 Å². The van der Waals surface area contributed by atoms with Gasteiger partial charge in [0, 0.05) is 24.5 Å². The Balaban J connectivity index is 1.82. The lowest BCUT2D eigenvalue weighted by molar-refractivity contribution is 0.627. The fraction of sp³-hybridized carbons (Fsp3) is 0.118. The van der Waals surface area contributed by atoms with Crippen LogP contribution in [0.5, 0.6) is 0 Å². The van der Waals surface area contributed by atoms with Gasteiger partial charge in [0.05, 0.1) is 0 Å². The first-order chi connectivity index (χ1) is 11.2. The molecule has 4 aromatic rings. The average molecular weight is 307 g/mol. The van der Waals surface area contributed by atoms with Crippen molar-refractivity contribution in [2.75, 3.05) is 0 Å². The van der Waals surface area contributed by atoms with E-state index in [-0.39, 0.29) is 5.82 Å². The van der Waals surface area contributed by atoms with E-state index in [0.29, 0.717) is 12.2 Å². The molecule has 3 heterocycles. The van der Waals surface area contributed by atoms with Crippen LogP contribution in [0, 0.1) is 12.7 Å². The molecule has 4 rings (SSSR count). The summed E-state index contributed by atoms with van der Waals surface area (Å²) in [7, 11) is 0. The standard InChI is InChI=1S/C17H14FN5/c1-12-8-9-19-23(12)17-15-3-2-10-22(15)21-16(20-17)11-13-4-6-14(18)7-5-13/h2-10H,11H2,1H3. The van der Waals surface area contributed by atoms with Crippen LogP contribution in [-0.2, 0) is 6.42 Å². The minimum absolute atomic E-state index is 0.247. The highest BCUT2D eigenvalue weighted by Crippen LogP contribution is 2.16. The maximum Gasteiger partial charge on any atom is 0.181 e. The van der Waals surface area contributed by atoms with Crippen LogP contribution < -0.4 is 0 Å². The number of nitrogens with zero attached hydrogens (tertiary/aromatic N) is 5. The van der Waals surface area contributed by atoms with Crippen LogP contribution in [0.4, 0.5) is 4.39 Å². The summed E-state index contributed by atoms with van der Waals surface area (Å²) in [5.74, 6) is 1.15. The first-order valence-electron chi connectivity index (χ1n) is 7.30. The molecule has 0 aliphatic rings. The zero-order valence-corrected chi connectivity index (χ0v) is 12.5. The number of hydrogen-bond acceptors (Lipinski definition) is 3. The van der Waals surface area contributed by atoms with Crippen LogP contribution in [0.3, 0.4) is 0 Å². The molecule has 0 saturated heterocycles. The Hall–Kier alpha value is -3.02. The van der Waals surface area contributed by atoms with Crippen molar-refractivity contribution in [1.82, 2.24) is 24.4 Å². The normalized spacial score (nSPS) is 11.2. The number of aromatic nitrogens is 5. The van der Waals surface area contributed by atoms with Crippen LogP contribution in [0.2, 0.25) is 0 Å². The van der Waals surface area contributed by atoms with Crippen molar-refractivity contribution in [2.45, 2.75) is 13.3 Å². The third-order valence-corrected chi connectivity index (χ3v) is 3.72. The largest absolute Gasteiger partial charge is 0.235 e. The lowest BCUT2D eigenvalue weighted by Gasteiger charge is -2.09. The average Bonchev–Trinajstić information content (AvgIpc) is 3.17. The smallest absolute Gasteiger partial charge is 0.181 e. The zero-order chi connectivity index (χ0) is 15.8. The quantitative estimate of drug-likeness (QED) is 0.584. The van der Waals surface area contributed by atoms with Gasteiger partial charge in [-0.3, -0.25) is 0 Å². The number of fused-ring (bicyclic) bond motifs is 1. The summed E-state index contributed by atoms with van der Waals surface area (Å²) in [4.78, 5) is 4.67. The van der Waals surface area contributed by atoms with Crippen molar-refractivity contribution < 1.29 is 4.39 Å². The number of rotatable bonds is 3. The van der Waals surface area contributed by atoms with Gasteiger partial charge in [0.2, 0.25) is 0 Å². The van der Waals surface area contributed by atoms with Gasteiger partial charge in [-0.15, -0.1) is 0 Å². The van der Waals surface area contributed by atoms with E-state index in [1.807, 2.05) is 31.3 Å². The van der Waals surface area contributed by atoms with Gasteiger partial charge in [0.1, 0.15) is 11.3 Å². The highest BCUT2D eigenvalue weighted by Gasteiger charge is 2.12. The molecule has 0 aliphatic carbocycles. The highest BCUT2D eigenvalue weighted by molar-refractivity contribution is 5.60. The predicted octanol–water partition coefficient (Wildman–Crippen LogP) is 2.95. The first kappa shape index (κ1) is 13.6. The van der Waals surface area contributed by atoms with E-state index in [1.165, 1.54) is 12.1 Å². The second kappa shape index (κ2) is 5.31. The molecule has 5 nitrogen and oxygen atoms in total. The van der Waals surface area contributed by atoms with E-state index in [2.05, 4.69) is 15.2 Å². The van der Waals surface area contributed by atoms with Gasteiger partial charge in [0.25, 0.3) is 0 Å². The van der Waals surface area contributed by atoms with Gasteiger partial charge in [-0.2, -0.15) is 10.2 Å². The fourth-order valence-electron chi connectivity index (χ4n) is 2.57. The molecular weight excluding hydrogens is 293 g/mol. The van der Waals surface area contributed by atoms with Crippen molar-refractivity contribution >= 4 is 5.52 Å². The molecule has 114 valence electrons. The van der Waals surface area contributed by atoms with Gasteiger partial charge in [-0.1, -0.05) is 12.1 Å². The molecule has 0 amide bonds. The van der Waals surface area contributed by atoms with E-state index >= 15 is 0 Å². The summed E-state index contributed by atoms with van der Waals surface area (Å²) in [5, 5.41) is 8.86. The number of halogens is 1. The Bertz CT molecular complexity index is 968. The summed E-state index contributed by atoms with van der Waals surface area (Å²) < 4.78 is 16.6. The lowest BCUT2D eigenvalue weighted by atomic mass is 10.1. The van der Waals surface area contributed by atoms with E-state index in [0.717, 1.165) is 22.6 Å². The molecule has 0 atom stereocenters. The van der Waals surface area contributed by atoms with Gasteiger partial charge in [-0.05, 0) is 42.8 Å². The third-order valence-electron chi connectivity index (χ3n) is 3.72. The molecule has 3 aromatic heterocycles. The summed E-state index contributed by atoms with van der Waals surface area (Å²) in [6, 6.07) is 12.2. The van der Waals surface area contributed by atoms with Crippen molar-refractivity contribution in [3.05, 3.63) is 77.8 Å². The Morgan fingerprint density at radius 1 is 1.09 bits per heavy atom. The van der Waals surface area contributed by atoms with Crippen LogP contribution in [0.1, 0.15) is 17.1 Å². The second-order valence-corrected chi connectivity index (χ2v) is 5.38. The molecule has 0 spiro atoms. The van der Waals surface area contributed by atoms with Crippen molar-refractivity contribution in [2.24, 2.45) is 0 Å². The summed E-state index contributed by atoms with van der Waals surface area (Å²) in [5.41, 5.74) is 2.85. The maximum absolute atomic E-state index is 13.0. The Kier molecular flexibility index (Phi) is 3.15. The molecule has 1 aromatic carbocycles. The third kappa shape index (κ3) is 2.48. The number of benzene rings is 1. The van der Waals surface area contributed by atoms with Crippen LogP contribution in [0.15, 0.2) is 54.9 Å². The van der Waals surface area contributed by atoms with E-state index < -0.39 is 0 Å². The summed E-state index contributed by atoms with van der Waals surface area (Å²) in [6.07, 6.45) is 4.16. The predicted molar refractivity (Wildman–Crippen MR) is 84.1 cm³/mol. The van der Waals surface area contributed by atoms with Gasteiger partial charge in [0.15, 0.2) is 11.6 Å². The van der Waals surface area contributed by atoms with Gasteiger partial charge in [-0.25, -0.2) is 18.6 Å².